The maximum absolute atomic E-state index is 12.4. The van der Waals surface area contributed by atoms with Crippen molar-refractivity contribution < 1.29 is 15.0 Å². The van der Waals surface area contributed by atoms with Gasteiger partial charge in [-0.15, -0.1) is 0 Å². The van der Waals surface area contributed by atoms with Crippen LogP contribution in [0.3, 0.4) is 0 Å². The van der Waals surface area contributed by atoms with Gasteiger partial charge in [0.15, 0.2) is 0 Å². The minimum absolute atomic E-state index is 0.0810. The van der Waals surface area contributed by atoms with Crippen molar-refractivity contribution in [1.29, 1.82) is 0 Å². The van der Waals surface area contributed by atoms with Crippen LogP contribution in [0.4, 0.5) is 0 Å². The molecule has 4 nitrogen and oxygen atoms in total. The Bertz CT molecular complexity index is 831. The molecule has 0 saturated heterocycles. The SMILES string of the molecule is CC/C=C\C/C=C\C/C=C\CCCCCCCC(=O)NC(CO)C(O)/C=C/CCCCCCCCCCCCCCCCCCCCCCCCC. The van der Waals surface area contributed by atoms with Crippen LogP contribution in [0.1, 0.15) is 232 Å². The molecule has 0 aliphatic carbocycles. The van der Waals surface area contributed by atoms with Gasteiger partial charge in [0.25, 0.3) is 0 Å². The van der Waals surface area contributed by atoms with Crippen LogP contribution in [0, 0.1) is 0 Å². The normalized spacial score (nSPS) is 13.4. The molecule has 304 valence electrons. The Balaban J connectivity index is 3.54. The first-order valence-electron chi connectivity index (χ1n) is 22.9. The predicted octanol–water partition coefficient (Wildman–Crippen LogP) is 14.4. The quantitative estimate of drug-likeness (QED) is 0.0434. The first-order chi connectivity index (χ1) is 25.7. The summed E-state index contributed by atoms with van der Waals surface area (Å²) in [6.45, 7) is 4.20. The average Bonchev–Trinajstić information content (AvgIpc) is 3.15. The van der Waals surface area contributed by atoms with E-state index in [1.165, 1.54) is 154 Å². The van der Waals surface area contributed by atoms with Crippen molar-refractivity contribution in [2.24, 2.45) is 0 Å². The molecule has 0 bridgehead atoms. The van der Waals surface area contributed by atoms with Crippen LogP contribution in [-0.4, -0.2) is 34.9 Å². The molecule has 0 aromatic carbocycles. The molecule has 4 heteroatoms. The van der Waals surface area contributed by atoms with E-state index in [9.17, 15) is 15.0 Å². The molecule has 0 spiro atoms. The Morgan fingerprint density at radius 1 is 0.481 bits per heavy atom. The van der Waals surface area contributed by atoms with Crippen molar-refractivity contribution in [3.8, 4) is 0 Å². The summed E-state index contributed by atoms with van der Waals surface area (Å²) in [5.41, 5.74) is 0. The third-order valence-corrected chi connectivity index (χ3v) is 10.3. The number of rotatable bonds is 41. The molecular weight excluding hydrogens is 639 g/mol. The van der Waals surface area contributed by atoms with Crippen molar-refractivity contribution in [2.45, 2.75) is 244 Å². The van der Waals surface area contributed by atoms with Gasteiger partial charge in [0, 0.05) is 6.42 Å². The van der Waals surface area contributed by atoms with Gasteiger partial charge in [-0.05, 0) is 51.4 Å². The lowest BCUT2D eigenvalue weighted by Gasteiger charge is -2.20. The summed E-state index contributed by atoms with van der Waals surface area (Å²) in [6.07, 6.45) is 59.5. The second kappa shape index (κ2) is 43.8. The fourth-order valence-electron chi connectivity index (χ4n) is 6.84. The Morgan fingerprint density at radius 3 is 1.27 bits per heavy atom. The highest BCUT2D eigenvalue weighted by atomic mass is 16.3. The largest absolute Gasteiger partial charge is 0.394 e. The summed E-state index contributed by atoms with van der Waals surface area (Å²) in [5.74, 6) is -0.0810. The summed E-state index contributed by atoms with van der Waals surface area (Å²) in [4.78, 5) is 12.4. The van der Waals surface area contributed by atoms with Gasteiger partial charge >= 0.3 is 0 Å². The van der Waals surface area contributed by atoms with E-state index < -0.39 is 12.1 Å². The third kappa shape index (κ3) is 39.6. The molecule has 0 radical (unpaired) electrons. The highest BCUT2D eigenvalue weighted by Crippen LogP contribution is 2.16. The zero-order chi connectivity index (χ0) is 37.8. The first-order valence-corrected chi connectivity index (χ1v) is 22.9. The number of aliphatic hydroxyl groups is 2. The maximum Gasteiger partial charge on any atom is 0.220 e. The Labute approximate surface area is 324 Å². The van der Waals surface area contributed by atoms with Gasteiger partial charge in [0.1, 0.15) is 0 Å². The Morgan fingerprint density at radius 2 is 0.846 bits per heavy atom. The number of carbonyl (C=O) groups excluding carboxylic acids is 1. The maximum atomic E-state index is 12.4. The number of amides is 1. The van der Waals surface area contributed by atoms with Crippen LogP contribution < -0.4 is 5.32 Å². The lowest BCUT2D eigenvalue weighted by molar-refractivity contribution is -0.123. The highest BCUT2D eigenvalue weighted by molar-refractivity contribution is 5.76. The number of nitrogens with one attached hydrogen (secondary N) is 1. The fraction of sp³-hybridized carbons (Fsp3) is 0.812. The smallest absolute Gasteiger partial charge is 0.220 e. The number of aliphatic hydroxyl groups excluding tert-OH is 2. The highest BCUT2D eigenvalue weighted by Gasteiger charge is 2.17. The molecule has 0 aromatic rings. The van der Waals surface area contributed by atoms with Crippen molar-refractivity contribution in [1.82, 2.24) is 5.32 Å². The predicted molar refractivity (Wildman–Crippen MR) is 230 cm³/mol. The van der Waals surface area contributed by atoms with Gasteiger partial charge in [-0.2, -0.15) is 0 Å². The monoisotopic (exact) mass is 728 g/mol. The molecule has 0 aromatic heterocycles. The molecule has 3 N–H and O–H groups in total. The molecular formula is C48H89NO3. The molecule has 0 aliphatic heterocycles. The summed E-state index contributed by atoms with van der Waals surface area (Å²) >= 11 is 0. The Kier molecular flexibility index (Phi) is 42.4. The summed E-state index contributed by atoms with van der Waals surface area (Å²) in [5, 5.41) is 23.0. The molecule has 1 amide bonds. The summed E-state index contributed by atoms with van der Waals surface area (Å²) in [7, 11) is 0. The van der Waals surface area contributed by atoms with E-state index in [0.717, 1.165) is 57.8 Å². The molecule has 0 fully saturated rings. The first kappa shape index (κ1) is 50.4. The van der Waals surface area contributed by atoms with Gasteiger partial charge in [0.2, 0.25) is 5.91 Å². The topological polar surface area (TPSA) is 69.6 Å². The lowest BCUT2D eigenvalue weighted by Crippen LogP contribution is -2.45. The van der Waals surface area contributed by atoms with Crippen molar-refractivity contribution in [3.63, 3.8) is 0 Å². The van der Waals surface area contributed by atoms with E-state index in [1.807, 2.05) is 6.08 Å². The van der Waals surface area contributed by atoms with Gasteiger partial charge in [-0.25, -0.2) is 0 Å². The molecule has 52 heavy (non-hydrogen) atoms. The zero-order valence-corrected chi connectivity index (χ0v) is 34.8. The number of hydrogen-bond donors (Lipinski definition) is 3. The Hall–Kier alpha value is -1.65. The molecule has 0 rings (SSSR count). The van der Waals surface area contributed by atoms with E-state index in [2.05, 4.69) is 55.6 Å². The third-order valence-electron chi connectivity index (χ3n) is 10.3. The van der Waals surface area contributed by atoms with E-state index >= 15 is 0 Å². The van der Waals surface area contributed by atoms with E-state index in [0.29, 0.717) is 6.42 Å². The minimum Gasteiger partial charge on any atom is -0.394 e. The van der Waals surface area contributed by atoms with E-state index in [-0.39, 0.29) is 12.5 Å². The van der Waals surface area contributed by atoms with Crippen LogP contribution >= 0.6 is 0 Å². The summed E-state index contributed by atoms with van der Waals surface area (Å²) < 4.78 is 0. The number of hydrogen-bond acceptors (Lipinski definition) is 3. The minimum atomic E-state index is -0.847. The molecule has 0 aliphatic rings. The van der Waals surface area contributed by atoms with Crippen LogP contribution in [0.2, 0.25) is 0 Å². The second-order valence-corrected chi connectivity index (χ2v) is 15.4. The van der Waals surface area contributed by atoms with Gasteiger partial charge in [-0.1, -0.05) is 223 Å². The van der Waals surface area contributed by atoms with E-state index in [1.54, 1.807) is 6.08 Å². The number of carbonyl (C=O) groups is 1. The summed E-state index contributed by atoms with van der Waals surface area (Å²) in [6, 6.07) is -0.632. The second-order valence-electron chi connectivity index (χ2n) is 15.4. The average molecular weight is 728 g/mol. The van der Waals surface area contributed by atoms with E-state index in [4.69, 9.17) is 0 Å². The number of allylic oxidation sites excluding steroid dienone is 7. The fourth-order valence-corrected chi connectivity index (χ4v) is 6.84. The van der Waals surface area contributed by atoms with Crippen LogP contribution in [0.25, 0.3) is 0 Å². The van der Waals surface area contributed by atoms with Gasteiger partial charge in [0.05, 0.1) is 18.8 Å². The standard InChI is InChI=1S/C48H89NO3/c1-3-5-7-9-11-13-15-17-19-20-21-22-23-24-25-26-27-28-30-31-33-35-37-39-41-43-47(51)46(45-50)49-48(52)44-42-40-38-36-34-32-29-18-16-14-12-10-8-6-4-2/h6,8,12,14,18,29,41,43,46-47,50-51H,3-5,7,9-11,13,15-17,19-28,30-40,42,44-45H2,1-2H3,(H,49,52)/b8-6-,14-12-,29-18-,43-41+. The zero-order valence-electron chi connectivity index (χ0n) is 34.8. The van der Waals surface area contributed by atoms with Crippen LogP contribution in [0.15, 0.2) is 48.6 Å². The van der Waals surface area contributed by atoms with Gasteiger partial charge < -0.3 is 15.5 Å². The van der Waals surface area contributed by atoms with Crippen molar-refractivity contribution >= 4 is 5.91 Å². The lowest BCUT2D eigenvalue weighted by atomic mass is 10.0. The van der Waals surface area contributed by atoms with Crippen LogP contribution in [0.5, 0.6) is 0 Å². The van der Waals surface area contributed by atoms with Crippen molar-refractivity contribution in [2.75, 3.05) is 6.61 Å². The molecule has 2 unspecified atom stereocenters. The van der Waals surface area contributed by atoms with Crippen molar-refractivity contribution in [3.05, 3.63) is 48.6 Å². The van der Waals surface area contributed by atoms with Gasteiger partial charge in [-0.3, -0.25) is 4.79 Å². The molecule has 2 atom stereocenters. The molecule has 0 saturated carbocycles. The van der Waals surface area contributed by atoms with Crippen LogP contribution in [-0.2, 0) is 4.79 Å². The number of unbranched alkanes of at least 4 members (excludes halogenated alkanes) is 28. The molecule has 0 heterocycles.